The third-order valence-electron chi connectivity index (χ3n) is 3.18. The van der Waals surface area contributed by atoms with E-state index >= 15 is 0 Å². The van der Waals surface area contributed by atoms with Crippen LogP contribution in [0.2, 0.25) is 5.15 Å². The van der Waals surface area contributed by atoms with E-state index in [1.54, 1.807) is 4.90 Å². The molecule has 0 aromatic carbocycles. The molecule has 0 radical (unpaired) electrons. The van der Waals surface area contributed by atoms with Gasteiger partial charge in [0.2, 0.25) is 5.92 Å². The highest BCUT2D eigenvalue weighted by Crippen LogP contribution is 2.31. The molecule has 0 unspecified atom stereocenters. The maximum Gasteiger partial charge on any atom is 0.360 e. The Kier molecular flexibility index (Phi) is 4.37. The Balaban J connectivity index is 2.31. The van der Waals surface area contributed by atoms with Gasteiger partial charge in [-0.25, -0.2) is 13.6 Å². The highest BCUT2D eigenvalue weighted by atomic mass is 35.5. The molecular weight excluding hydrogens is 292 g/mol. The zero-order valence-electron chi connectivity index (χ0n) is 10.9. The van der Waals surface area contributed by atoms with E-state index in [0.717, 1.165) is 0 Å². The van der Waals surface area contributed by atoms with Crippen LogP contribution >= 0.6 is 11.6 Å². The number of alkyl halides is 2. The number of hydrogen-bond acceptors (Lipinski definition) is 5. The maximum atomic E-state index is 13.4. The largest absolute Gasteiger partial charge is 0.464 e. The van der Waals surface area contributed by atoms with Crippen LogP contribution in [0.1, 0.15) is 29.8 Å². The number of ether oxygens (including phenoxy) is 1. The number of aromatic nitrogens is 2. The summed E-state index contributed by atoms with van der Waals surface area (Å²) in [6.07, 6.45) is -0.107. The van der Waals surface area contributed by atoms with Gasteiger partial charge < -0.3 is 9.64 Å². The highest BCUT2D eigenvalue weighted by Gasteiger charge is 2.33. The number of methoxy groups -OCH3 is 1. The van der Waals surface area contributed by atoms with Gasteiger partial charge in [-0.1, -0.05) is 11.6 Å². The van der Waals surface area contributed by atoms with E-state index < -0.39 is 11.9 Å². The van der Waals surface area contributed by atoms with Crippen LogP contribution in [-0.4, -0.2) is 42.3 Å². The minimum atomic E-state index is -2.68. The molecule has 5 nitrogen and oxygen atoms in total. The molecule has 2 heterocycles. The first-order chi connectivity index (χ1) is 9.43. The zero-order valence-corrected chi connectivity index (χ0v) is 11.7. The van der Waals surface area contributed by atoms with Crippen LogP contribution in [0.3, 0.4) is 0 Å². The average molecular weight is 306 g/mol. The summed E-state index contributed by atoms with van der Waals surface area (Å²) in [4.78, 5) is 13.3. The van der Waals surface area contributed by atoms with Crippen molar-refractivity contribution in [2.45, 2.75) is 25.2 Å². The smallest absolute Gasteiger partial charge is 0.360 e. The third-order valence-corrected chi connectivity index (χ3v) is 3.37. The van der Waals surface area contributed by atoms with Crippen molar-refractivity contribution in [2.24, 2.45) is 0 Å². The highest BCUT2D eigenvalue weighted by molar-refractivity contribution is 6.29. The molecule has 1 aromatic rings. The summed E-state index contributed by atoms with van der Waals surface area (Å²) in [5.74, 6) is -3.34. The Bertz CT molecular complexity index is 513. The van der Waals surface area contributed by atoms with Gasteiger partial charge in [-0.15, -0.1) is 10.2 Å². The molecule has 0 spiro atoms. The molecule has 0 aliphatic carbocycles. The minimum Gasteiger partial charge on any atom is -0.464 e. The van der Waals surface area contributed by atoms with Crippen molar-refractivity contribution in [3.63, 3.8) is 0 Å². The third kappa shape index (κ3) is 3.33. The summed E-state index contributed by atoms with van der Waals surface area (Å²) in [5.41, 5.74) is 0.372. The summed E-state index contributed by atoms with van der Waals surface area (Å²) < 4.78 is 31.4. The normalized spacial score (nSPS) is 18.5. The van der Waals surface area contributed by atoms with Gasteiger partial charge in [0.1, 0.15) is 0 Å². The van der Waals surface area contributed by atoms with Crippen molar-refractivity contribution in [3.05, 3.63) is 16.9 Å². The molecule has 20 heavy (non-hydrogen) atoms. The molecule has 1 saturated heterocycles. The number of rotatable bonds is 2. The van der Waals surface area contributed by atoms with E-state index in [9.17, 15) is 13.6 Å². The minimum absolute atomic E-state index is 0.0119. The van der Waals surface area contributed by atoms with E-state index in [2.05, 4.69) is 14.9 Å². The standard InChI is InChI=1S/C12H14ClF2N3O2/c1-20-11(19)10-8(7-9(13)16-17-10)18-5-2-3-12(14,15)4-6-18/h7H,2-6H2,1H3. The van der Waals surface area contributed by atoms with Crippen molar-refractivity contribution in [3.8, 4) is 0 Å². The van der Waals surface area contributed by atoms with E-state index in [-0.39, 0.29) is 30.2 Å². The molecule has 1 aromatic heterocycles. The molecule has 1 aliphatic rings. The predicted octanol–water partition coefficient (Wildman–Crippen LogP) is 2.54. The van der Waals surface area contributed by atoms with Gasteiger partial charge >= 0.3 is 5.97 Å². The van der Waals surface area contributed by atoms with Crippen LogP contribution in [0.5, 0.6) is 0 Å². The summed E-state index contributed by atoms with van der Waals surface area (Å²) in [5, 5.41) is 7.40. The van der Waals surface area contributed by atoms with Crippen LogP contribution < -0.4 is 4.90 Å². The summed E-state index contributed by atoms with van der Waals surface area (Å²) in [7, 11) is 1.22. The number of nitrogens with zero attached hydrogens (tertiary/aromatic N) is 3. The SMILES string of the molecule is COC(=O)c1nnc(Cl)cc1N1CCCC(F)(F)CC1. The first kappa shape index (κ1) is 14.9. The lowest BCUT2D eigenvalue weighted by molar-refractivity contribution is -0.0102. The second-order valence-electron chi connectivity index (χ2n) is 4.59. The Morgan fingerprint density at radius 3 is 2.85 bits per heavy atom. The van der Waals surface area contributed by atoms with Gasteiger partial charge in [-0.3, -0.25) is 0 Å². The quantitative estimate of drug-likeness (QED) is 0.786. The summed E-state index contributed by atoms with van der Waals surface area (Å²) in [6.45, 7) is 0.528. The van der Waals surface area contributed by atoms with Gasteiger partial charge in [0, 0.05) is 32.0 Å². The van der Waals surface area contributed by atoms with Crippen LogP contribution in [0, 0.1) is 0 Å². The fraction of sp³-hybridized carbons (Fsp3) is 0.583. The number of hydrogen-bond donors (Lipinski definition) is 0. The zero-order chi connectivity index (χ0) is 14.8. The van der Waals surface area contributed by atoms with Gasteiger partial charge in [0.25, 0.3) is 0 Å². The van der Waals surface area contributed by atoms with Crippen LogP contribution in [-0.2, 0) is 4.74 Å². The van der Waals surface area contributed by atoms with Crippen LogP contribution in [0.4, 0.5) is 14.5 Å². The molecule has 8 heteroatoms. The molecule has 110 valence electrons. The Labute approximate surface area is 119 Å². The Morgan fingerprint density at radius 2 is 2.15 bits per heavy atom. The summed E-state index contributed by atoms with van der Waals surface area (Å²) >= 11 is 5.78. The van der Waals surface area contributed by atoms with E-state index in [0.29, 0.717) is 18.7 Å². The lowest BCUT2D eigenvalue weighted by atomic mass is 10.1. The number of halogens is 3. The molecule has 0 atom stereocenters. The lowest BCUT2D eigenvalue weighted by Gasteiger charge is -2.23. The van der Waals surface area contributed by atoms with Crippen LogP contribution in [0.15, 0.2) is 6.07 Å². The molecule has 2 rings (SSSR count). The van der Waals surface area contributed by atoms with Crippen molar-refractivity contribution in [1.82, 2.24) is 10.2 Å². The van der Waals surface area contributed by atoms with E-state index in [1.165, 1.54) is 13.2 Å². The fourth-order valence-corrected chi connectivity index (χ4v) is 2.29. The fourth-order valence-electron chi connectivity index (χ4n) is 2.15. The molecule has 1 fully saturated rings. The monoisotopic (exact) mass is 305 g/mol. The second kappa shape index (κ2) is 5.87. The first-order valence-corrected chi connectivity index (χ1v) is 6.55. The van der Waals surface area contributed by atoms with Gasteiger partial charge in [-0.2, -0.15) is 0 Å². The van der Waals surface area contributed by atoms with Gasteiger partial charge in [0.05, 0.1) is 12.8 Å². The Hall–Kier alpha value is -1.50. The predicted molar refractivity (Wildman–Crippen MR) is 69.4 cm³/mol. The maximum absolute atomic E-state index is 13.4. The Morgan fingerprint density at radius 1 is 1.40 bits per heavy atom. The lowest BCUT2D eigenvalue weighted by Crippen LogP contribution is -2.28. The van der Waals surface area contributed by atoms with E-state index in [1.807, 2.05) is 0 Å². The number of carbonyl (C=O) groups excluding carboxylic acids is 1. The topological polar surface area (TPSA) is 55.3 Å². The number of esters is 1. The first-order valence-electron chi connectivity index (χ1n) is 6.17. The molecule has 1 aliphatic heterocycles. The van der Waals surface area contributed by atoms with Crippen molar-refractivity contribution in [1.29, 1.82) is 0 Å². The molecule has 0 saturated carbocycles. The molecule has 0 N–H and O–H groups in total. The van der Waals surface area contributed by atoms with Crippen molar-refractivity contribution >= 4 is 23.3 Å². The number of carbonyl (C=O) groups is 1. The van der Waals surface area contributed by atoms with Crippen molar-refractivity contribution < 1.29 is 18.3 Å². The van der Waals surface area contributed by atoms with Crippen molar-refractivity contribution in [2.75, 3.05) is 25.1 Å². The molecular formula is C12H14ClF2N3O2. The van der Waals surface area contributed by atoms with Gasteiger partial charge in [0.15, 0.2) is 10.8 Å². The second-order valence-corrected chi connectivity index (χ2v) is 4.98. The number of anilines is 1. The van der Waals surface area contributed by atoms with Crippen LogP contribution in [0.25, 0.3) is 0 Å². The average Bonchev–Trinajstić information content (AvgIpc) is 2.58. The summed E-state index contributed by atoms with van der Waals surface area (Å²) in [6, 6.07) is 1.45. The molecule has 0 amide bonds. The molecule has 0 bridgehead atoms. The van der Waals surface area contributed by atoms with Gasteiger partial charge in [-0.05, 0) is 6.42 Å². The van der Waals surface area contributed by atoms with E-state index in [4.69, 9.17) is 11.6 Å².